The maximum absolute atomic E-state index is 12.2. The van der Waals surface area contributed by atoms with Gasteiger partial charge < -0.3 is 9.47 Å². The number of nitrogens with zero attached hydrogens (tertiary/aromatic N) is 3. The van der Waals surface area contributed by atoms with Gasteiger partial charge in [0.25, 0.3) is 11.4 Å². The van der Waals surface area contributed by atoms with E-state index in [1.165, 1.54) is 42.5 Å². The fraction of sp³-hybridized carbons (Fsp3) is 0.0500. The van der Waals surface area contributed by atoms with Crippen LogP contribution in [0.4, 0.5) is 17.1 Å². The quantitative estimate of drug-likeness (QED) is 0.278. The first kappa shape index (κ1) is 21.8. The van der Waals surface area contributed by atoms with Crippen LogP contribution in [0.1, 0.15) is 15.9 Å². The Bertz CT molecular complexity index is 1210. The van der Waals surface area contributed by atoms with Crippen molar-refractivity contribution in [3.8, 4) is 11.5 Å². The minimum Gasteiger partial charge on any atom is -0.457 e. The summed E-state index contributed by atoms with van der Waals surface area (Å²) in [6.07, 6.45) is 0. The minimum absolute atomic E-state index is 0.125. The van der Waals surface area contributed by atoms with Gasteiger partial charge in [-0.05, 0) is 35.9 Å². The van der Waals surface area contributed by atoms with Crippen molar-refractivity contribution in [1.29, 1.82) is 0 Å². The van der Waals surface area contributed by atoms with E-state index < -0.39 is 32.1 Å². The molecule has 0 aromatic heterocycles. The summed E-state index contributed by atoms with van der Waals surface area (Å²) >= 11 is 0. The number of esters is 1. The number of ether oxygens (including phenoxy) is 2. The second-order valence-corrected chi connectivity index (χ2v) is 6.30. The molecule has 12 nitrogen and oxygen atoms in total. The summed E-state index contributed by atoms with van der Waals surface area (Å²) in [4.78, 5) is 42.9. The van der Waals surface area contributed by atoms with Gasteiger partial charge >= 0.3 is 11.7 Å². The lowest BCUT2D eigenvalue weighted by Crippen LogP contribution is -2.05. The zero-order valence-corrected chi connectivity index (χ0v) is 16.1. The molecule has 0 saturated carbocycles. The summed E-state index contributed by atoms with van der Waals surface area (Å²) in [5.41, 5.74) is -0.565. The second-order valence-electron chi connectivity index (χ2n) is 6.30. The number of nitro benzene ring substituents is 3. The highest BCUT2D eigenvalue weighted by atomic mass is 16.6. The molecule has 0 bridgehead atoms. The number of non-ortho nitro benzene ring substituents is 2. The van der Waals surface area contributed by atoms with Crippen LogP contribution in [-0.4, -0.2) is 20.7 Å². The molecule has 0 unspecified atom stereocenters. The summed E-state index contributed by atoms with van der Waals surface area (Å²) in [6, 6.07) is 14.1. The molecule has 0 aliphatic rings. The summed E-state index contributed by atoms with van der Waals surface area (Å²) in [6.45, 7) is -0.173. The highest BCUT2D eigenvalue weighted by Gasteiger charge is 2.21. The van der Waals surface area contributed by atoms with Crippen LogP contribution in [0.2, 0.25) is 0 Å². The first-order valence-corrected chi connectivity index (χ1v) is 8.86. The van der Waals surface area contributed by atoms with Crippen molar-refractivity contribution in [2.45, 2.75) is 6.61 Å². The summed E-state index contributed by atoms with van der Waals surface area (Å²) in [5, 5.41) is 32.8. The molecule has 0 radical (unpaired) electrons. The van der Waals surface area contributed by atoms with Gasteiger partial charge in [-0.25, -0.2) is 4.79 Å². The lowest BCUT2D eigenvalue weighted by molar-refractivity contribution is -0.394. The number of nitro groups is 3. The van der Waals surface area contributed by atoms with Crippen LogP contribution in [0, 0.1) is 30.3 Å². The van der Waals surface area contributed by atoms with Crippen LogP contribution in [0.25, 0.3) is 0 Å². The smallest absolute Gasteiger partial charge is 0.338 e. The largest absolute Gasteiger partial charge is 0.457 e. The first-order valence-electron chi connectivity index (χ1n) is 8.86. The van der Waals surface area contributed by atoms with Gasteiger partial charge in [-0.15, -0.1) is 0 Å². The van der Waals surface area contributed by atoms with Gasteiger partial charge in [-0.1, -0.05) is 12.1 Å². The van der Waals surface area contributed by atoms with Crippen molar-refractivity contribution in [3.63, 3.8) is 0 Å². The lowest BCUT2D eigenvalue weighted by atomic mass is 10.2. The highest BCUT2D eigenvalue weighted by Crippen LogP contribution is 2.34. The Morgan fingerprint density at radius 1 is 0.781 bits per heavy atom. The number of hydrogen-bond donors (Lipinski definition) is 0. The molecule has 12 heteroatoms. The molecule has 0 heterocycles. The van der Waals surface area contributed by atoms with E-state index in [4.69, 9.17) is 9.47 Å². The molecule has 0 amide bonds. The molecule has 3 aromatic carbocycles. The molecule has 0 atom stereocenters. The van der Waals surface area contributed by atoms with Gasteiger partial charge in [0.2, 0.25) is 5.75 Å². The summed E-state index contributed by atoms with van der Waals surface area (Å²) < 4.78 is 10.6. The predicted molar refractivity (Wildman–Crippen MR) is 108 cm³/mol. The maximum atomic E-state index is 12.2. The maximum Gasteiger partial charge on any atom is 0.338 e. The standard InChI is InChI=1S/C20H13N3O9/c24-20(31-12-13-2-1-3-15(10-13)21(25)26)14-4-7-17(8-5-14)32-19-9-6-16(22(27)28)11-18(19)23(29)30/h1-11H,12H2. The molecule has 0 aliphatic heterocycles. The number of carbonyl (C=O) groups is 1. The van der Waals surface area contributed by atoms with Gasteiger partial charge in [0, 0.05) is 18.2 Å². The van der Waals surface area contributed by atoms with Crippen molar-refractivity contribution in [3.05, 3.63) is 108 Å². The number of carbonyl (C=O) groups excluding carboxylic acids is 1. The average molecular weight is 439 g/mol. The van der Waals surface area contributed by atoms with Crippen LogP contribution in [0.15, 0.2) is 66.7 Å². The van der Waals surface area contributed by atoms with Crippen molar-refractivity contribution in [2.75, 3.05) is 0 Å². The molecular weight excluding hydrogens is 426 g/mol. The SMILES string of the molecule is O=C(OCc1cccc([N+](=O)[O-])c1)c1ccc(Oc2ccc([N+](=O)[O-])cc2[N+](=O)[O-])cc1. The third-order valence-corrected chi connectivity index (χ3v) is 4.16. The molecule has 3 rings (SSSR count). The Hall–Kier alpha value is -4.87. The van der Waals surface area contributed by atoms with Crippen LogP contribution < -0.4 is 4.74 Å². The molecule has 0 N–H and O–H groups in total. The van der Waals surface area contributed by atoms with Crippen LogP contribution in [-0.2, 0) is 11.3 Å². The van der Waals surface area contributed by atoms with E-state index in [9.17, 15) is 35.1 Å². The van der Waals surface area contributed by atoms with Crippen molar-refractivity contribution in [1.82, 2.24) is 0 Å². The van der Waals surface area contributed by atoms with E-state index in [0.29, 0.717) is 5.56 Å². The van der Waals surface area contributed by atoms with E-state index in [1.54, 1.807) is 6.07 Å². The van der Waals surface area contributed by atoms with Gasteiger partial charge in [0.15, 0.2) is 0 Å². The van der Waals surface area contributed by atoms with Crippen molar-refractivity contribution in [2.24, 2.45) is 0 Å². The molecule has 32 heavy (non-hydrogen) atoms. The summed E-state index contributed by atoms with van der Waals surface area (Å²) in [7, 11) is 0. The van der Waals surface area contributed by atoms with Crippen molar-refractivity contribution >= 4 is 23.0 Å². The van der Waals surface area contributed by atoms with E-state index in [0.717, 1.165) is 18.2 Å². The van der Waals surface area contributed by atoms with Crippen molar-refractivity contribution < 1.29 is 29.0 Å². The Labute approximate surface area is 179 Å². The number of hydrogen-bond acceptors (Lipinski definition) is 9. The first-order chi connectivity index (χ1) is 15.2. The zero-order valence-electron chi connectivity index (χ0n) is 16.1. The molecule has 0 saturated heterocycles. The van der Waals surface area contributed by atoms with Crippen LogP contribution in [0.3, 0.4) is 0 Å². The van der Waals surface area contributed by atoms with Gasteiger partial charge in [0.05, 0.1) is 26.4 Å². The predicted octanol–water partition coefficient (Wildman–Crippen LogP) is 4.56. The van der Waals surface area contributed by atoms with E-state index in [-0.39, 0.29) is 29.4 Å². The van der Waals surface area contributed by atoms with Gasteiger partial charge in [-0.2, -0.15) is 0 Å². The van der Waals surface area contributed by atoms with Crippen LogP contribution in [0.5, 0.6) is 11.5 Å². The Morgan fingerprint density at radius 2 is 1.44 bits per heavy atom. The summed E-state index contributed by atoms with van der Waals surface area (Å²) in [5.74, 6) is -0.747. The number of rotatable bonds is 8. The average Bonchev–Trinajstić information content (AvgIpc) is 2.78. The fourth-order valence-corrected chi connectivity index (χ4v) is 2.63. The third kappa shape index (κ3) is 5.18. The van der Waals surface area contributed by atoms with E-state index in [1.807, 2.05) is 0 Å². The van der Waals surface area contributed by atoms with Crippen LogP contribution >= 0.6 is 0 Å². The molecule has 162 valence electrons. The molecule has 3 aromatic rings. The third-order valence-electron chi connectivity index (χ3n) is 4.16. The molecule has 0 spiro atoms. The molecular formula is C20H13N3O9. The minimum atomic E-state index is -0.804. The molecule has 0 fully saturated rings. The zero-order chi connectivity index (χ0) is 23.3. The number of benzene rings is 3. The van der Waals surface area contributed by atoms with E-state index in [2.05, 4.69) is 0 Å². The molecule has 0 aliphatic carbocycles. The topological polar surface area (TPSA) is 165 Å². The fourth-order valence-electron chi connectivity index (χ4n) is 2.63. The van der Waals surface area contributed by atoms with E-state index >= 15 is 0 Å². The lowest BCUT2D eigenvalue weighted by Gasteiger charge is -2.08. The normalized spacial score (nSPS) is 10.2. The highest BCUT2D eigenvalue weighted by molar-refractivity contribution is 5.89. The monoisotopic (exact) mass is 439 g/mol. The second kappa shape index (κ2) is 9.30. The van der Waals surface area contributed by atoms with Gasteiger partial charge in [0.1, 0.15) is 12.4 Å². The Kier molecular flexibility index (Phi) is 6.34. The Morgan fingerprint density at radius 3 is 2.06 bits per heavy atom. The van der Waals surface area contributed by atoms with Gasteiger partial charge in [-0.3, -0.25) is 30.3 Å². The Balaban J connectivity index is 1.68.